The molecule has 2 aromatic carbocycles. The Morgan fingerprint density at radius 2 is 1.93 bits per heavy atom. The Kier molecular flexibility index (Phi) is 4.51. The number of aryl methyl sites for hydroxylation is 1. The number of aromatic nitrogens is 2. The highest BCUT2D eigenvalue weighted by molar-refractivity contribution is 5.99. The number of carbonyl (C=O) groups excluding carboxylic acids is 1. The molecule has 5 rings (SSSR count). The van der Waals surface area contributed by atoms with Gasteiger partial charge < -0.3 is 14.6 Å². The quantitative estimate of drug-likeness (QED) is 0.442. The fraction of sp³-hybridized carbons (Fsp3) is 0.200. The van der Waals surface area contributed by atoms with E-state index in [0.29, 0.717) is 17.3 Å². The Hall–Kier alpha value is -3.60. The zero-order chi connectivity index (χ0) is 20.7. The Morgan fingerprint density at radius 3 is 2.67 bits per heavy atom. The molecule has 0 spiro atoms. The number of ether oxygens (including phenoxy) is 1. The Morgan fingerprint density at radius 1 is 1.13 bits per heavy atom. The van der Waals surface area contributed by atoms with Crippen LogP contribution in [0, 0.1) is 0 Å². The number of methoxy groups -OCH3 is 1. The van der Waals surface area contributed by atoms with E-state index in [2.05, 4.69) is 58.4 Å². The second-order valence-corrected chi connectivity index (χ2v) is 7.81. The van der Waals surface area contributed by atoms with E-state index >= 15 is 0 Å². The van der Waals surface area contributed by atoms with Crippen molar-refractivity contribution in [2.75, 3.05) is 12.4 Å². The molecule has 1 aliphatic carbocycles. The van der Waals surface area contributed by atoms with Crippen molar-refractivity contribution in [1.29, 1.82) is 0 Å². The summed E-state index contributed by atoms with van der Waals surface area (Å²) in [5.74, 6) is 0.650. The second kappa shape index (κ2) is 7.34. The standard InChI is InChI=1S/C25H23N3O2/c1-28-11-10-18-12-20(14-21(23(18)28)17-6-4-3-5-7-17)27-24-22(25(29)30-2)13-19(15-26-24)16-8-9-16/h3-7,10-16H,8-9H2,1-2H3,(H,26,27). The predicted molar refractivity (Wildman–Crippen MR) is 119 cm³/mol. The summed E-state index contributed by atoms with van der Waals surface area (Å²) in [6.07, 6.45) is 6.23. The minimum Gasteiger partial charge on any atom is -0.465 e. The maximum Gasteiger partial charge on any atom is 0.341 e. The lowest BCUT2D eigenvalue weighted by molar-refractivity contribution is 0.0601. The largest absolute Gasteiger partial charge is 0.465 e. The molecule has 0 saturated heterocycles. The van der Waals surface area contributed by atoms with Crippen molar-refractivity contribution in [3.63, 3.8) is 0 Å². The van der Waals surface area contributed by atoms with Crippen LogP contribution in [-0.4, -0.2) is 22.6 Å². The molecule has 5 heteroatoms. The summed E-state index contributed by atoms with van der Waals surface area (Å²) in [6.45, 7) is 0. The number of hydrogen-bond acceptors (Lipinski definition) is 4. The van der Waals surface area contributed by atoms with E-state index in [1.807, 2.05) is 30.5 Å². The normalized spacial score (nSPS) is 13.4. The van der Waals surface area contributed by atoms with Crippen LogP contribution in [0.1, 0.15) is 34.7 Å². The monoisotopic (exact) mass is 397 g/mol. The molecule has 0 bridgehead atoms. The third kappa shape index (κ3) is 3.32. The maximum atomic E-state index is 12.4. The van der Waals surface area contributed by atoms with Crippen molar-refractivity contribution in [3.05, 3.63) is 78.1 Å². The number of pyridine rings is 1. The predicted octanol–water partition coefficient (Wildman–Crippen LogP) is 5.65. The van der Waals surface area contributed by atoms with E-state index in [-0.39, 0.29) is 5.97 Å². The van der Waals surface area contributed by atoms with Gasteiger partial charge >= 0.3 is 5.97 Å². The van der Waals surface area contributed by atoms with Gasteiger partial charge in [0.05, 0.1) is 12.6 Å². The summed E-state index contributed by atoms with van der Waals surface area (Å²) in [5, 5.41) is 4.49. The molecule has 2 heterocycles. The first-order valence-electron chi connectivity index (χ1n) is 10.1. The number of nitrogens with one attached hydrogen (secondary N) is 1. The van der Waals surface area contributed by atoms with Crippen molar-refractivity contribution in [3.8, 4) is 11.1 Å². The summed E-state index contributed by atoms with van der Waals surface area (Å²) in [7, 11) is 3.45. The Balaban J connectivity index is 1.60. The lowest BCUT2D eigenvalue weighted by atomic mass is 10.0. The van der Waals surface area contributed by atoms with E-state index in [1.165, 1.54) is 7.11 Å². The van der Waals surface area contributed by atoms with E-state index in [9.17, 15) is 4.79 Å². The highest BCUT2D eigenvalue weighted by atomic mass is 16.5. The van der Waals surface area contributed by atoms with Gasteiger partial charge in [-0.2, -0.15) is 0 Å². The van der Waals surface area contributed by atoms with Gasteiger partial charge in [-0.25, -0.2) is 9.78 Å². The molecule has 5 nitrogen and oxygen atoms in total. The van der Waals surface area contributed by atoms with Gasteiger partial charge in [0.25, 0.3) is 0 Å². The zero-order valence-corrected chi connectivity index (χ0v) is 17.1. The molecule has 2 aromatic heterocycles. The average molecular weight is 397 g/mol. The van der Waals surface area contributed by atoms with Gasteiger partial charge in [0.15, 0.2) is 0 Å². The van der Waals surface area contributed by atoms with Crippen LogP contribution in [0.4, 0.5) is 11.5 Å². The molecular weight excluding hydrogens is 374 g/mol. The number of esters is 1. The lowest BCUT2D eigenvalue weighted by Gasteiger charge is -2.14. The van der Waals surface area contributed by atoms with Gasteiger partial charge in [0.2, 0.25) is 0 Å². The molecule has 1 aliphatic rings. The number of benzene rings is 2. The maximum absolute atomic E-state index is 12.4. The molecule has 0 amide bonds. The molecule has 0 radical (unpaired) electrons. The van der Waals surface area contributed by atoms with Crippen LogP contribution in [0.3, 0.4) is 0 Å². The summed E-state index contributed by atoms with van der Waals surface area (Å²) < 4.78 is 7.14. The number of anilines is 2. The molecule has 1 saturated carbocycles. The zero-order valence-electron chi connectivity index (χ0n) is 17.1. The first kappa shape index (κ1) is 18.4. The highest BCUT2D eigenvalue weighted by Gasteiger charge is 2.26. The molecule has 0 unspecified atom stereocenters. The van der Waals surface area contributed by atoms with E-state index < -0.39 is 0 Å². The Bertz CT molecular complexity index is 1240. The van der Waals surface area contributed by atoms with Crippen LogP contribution < -0.4 is 5.32 Å². The molecular formula is C25H23N3O2. The van der Waals surface area contributed by atoms with Gasteiger partial charge in [0, 0.05) is 36.1 Å². The number of rotatable bonds is 5. The molecule has 0 aliphatic heterocycles. The number of fused-ring (bicyclic) bond motifs is 1. The van der Waals surface area contributed by atoms with Gasteiger partial charge in [-0.05, 0) is 54.2 Å². The van der Waals surface area contributed by atoms with Crippen molar-refractivity contribution in [2.45, 2.75) is 18.8 Å². The number of carbonyl (C=O) groups is 1. The summed E-state index contributed by atoms with van der Waals surface area (Å²) in [6, 6.07) is 18.5. The number of hydrogen-bond donors (Lipinski definition) is 1. The molecule has 4 aromatic rings. The van der Waals surface area contributed by atoms with Gasteiger partial charge in [-0.15, -0.1) is 0 Å². The van der Waals surface area contributed by atoms with Crippen molar-refractivity contribution >= 4 is 28.4 Å². The fourth-order valence-corrected chi connectivity index (χ4v) is 3.98. The molecule has 1 fully saturated rings. The van der Waals surface area contributed by atoms with E-state index in [1.54, 1.807) is 0 Å². The minimum absolute atomic E-state index is 0.378. The average Bonchev–Trinajstić information content (AvgIpc) is 3.57. The van der Waals surface area contributed by atoms with E-state index in [0.717, 1.165) is 46.1 Å². The summed E-state index contributed by atoms with van der Waals surface area (Å²) >= 11 is 0. The molecule has 30 heavy (non-hydrogen) atoms. The second-order valence-electron chi connectivity index (χ2n) is 7.81. The van der Waals surface area contributed by atoms with Crippen LogP contribution in [0.25, 0.3) is 22.0 Å². The van der Waals surface area contributed by atoms with Crippen LogP contribution in [-0.2, 0) is 11.8 Å². The smallest absolute Gasteiger partial charge is 0.341 e. The first-order chi connectivity index (χ1) is 14.6. The number of nitrogens with zero attached hydrogens (tertiary/aromatic N) is 2. The van der Waals surface area contributed by atoms with Crippen LogP contribution in [0.2, 0.25) is 0 Å². The summed E-state index contributed by atoms with van der Waals surface area (Å²) in [4.78, 5) is 17.0. The van der Waals surface area contributed by atoms with Crippen LogP contribution >= 0.6 is 0 Å². The third-order valence-electron chi connectivity index (χ3n) is 5.68. The van der Waals surface area contributed by atoms with Gasteiger partial charge in [-0.1, -0.05) is 30.3 Å². The topological polar surface area (TPSA) is 56.1 Å². The van der Waals surface area contributed by atoms with Crippen molar-refractivity contribution < 1.29 is 9.53 Å². The van der Waals surface area contributed by atoms with Gasteiger partial charge in [-0.3, -0.25) is 0 Å². The minimum atomic E-state index is -0.378. The fourth-order valence-electron chi connectivity index (χ4n) is 3.98. The Labute approximate surface area is 175 Å². The third-order valence-corrected chi connectivity index (χ3v) is 5.68. The molecule has 1 N–H and O–H groups in total. The molecule has 0 atom stereocenters. The van der Waals surface area contributed by atoms with Crippen molar-refractivity contribution in [1.82, 2.24) is 9.55 Å². The highest BCUT2D eigenvalue weighted by Crippen LogP contribution is 2.41. The van der Waals surface area contributed by atoms with Crippen LogP contribution in [0.5, 0.6) is 0 Å². The summed E-state index contributed by atoms with van der Waals surface area (Å²) in [5.41, 5.74) is 5.87. The first-order valence-corrected chi connectivity index (χ1v) is 10.1. The molecule has 150 valence electrons. The van der Waals surface area contributed by atoms with Gasteiger partial charge in [0.1, 0.15) is 11.4 Å². The van der Waals surface area contributed by atoms with Crippen molar-refractivity contribution in [2.24, 2.45) is 7.05 Å². The lowest BCUT2D eigenvalue weighted by Crippen LogP contribution is -2.08. The van der Waals surface area contributed by atoms with E-state index in [4.69, 9.17) is 4.74 Å². The SMILES string of the molecule is COC(=O)c1cc(C2CC2)cnc1Nc1cc(-c2ccccc2)c2c(ccn2C)c1. The van der Waals surface area contributed by atoms with Crippen LogP contribution in [0.15, 0.2) is 67.0 Å².